The molecule has 6 nitrogen and oxygen atoms in total. The highest BCUT2D eigenvalue weighted by Crippen LogP contribution is 2.26. The van der Waals surface area contributed by atoms with Crippen LogP contribution in [-0.4, -0.2) is 36.0 Å². The Morgan fingerprint density at radius 3 is 2.93 bits per heavy atom. The van der Waals surface area contributed by atoms with Crippen LogP contribution in [0.5, 0.6) is 0 Å². The molecule has 0 aliphatic carbocycles. The van der Waals surface area contributed by atoms with Crippen LogP contribution in [-0.2, 0) is 22.2 Å². The SMILES string of the molecule is O=S(=O)(Cc1ccccc1F)N1CCCC(Cc2nc(-c3ccsc3)no2)C1. The maximum atomic E-state index is 13.9. The summed E-state index contributed by atoms with van der Waals surface area (Å²) in [5.41, 5.74) is 1.11. The Kier molecular flexibility index (Phi) is 5.56. The van der Waals surface area contributed by atoms with E-state index in [9.17, 15) is 12.8 Å². The quantitative estimate of drug-likeness (QED) is 0.606. The Labute approximate surface area is 167 Å². The molecule has 3 heterocycles. The predicted molar refractivity (Wildman–Crippen MR) is 105 cm³/mol. The average Bonchev–Trinajstić information content (AvgIpc) is 3.35. The van der Waals surface area contributed by atoms with Crippen molar-refractivity contribution >= 4 is 21.4 Å². The van der Waals surface area contributed by atoms with Crippen LogP contribution in [0.25, 0.3) is 11.4 Å². The summed E-state index contributed by atoms with van der Waals surface area (Å²) in [6, 6.07) is 7.92. The largest absolute Gasteiger partial charge is 0.339 e. The van der Waals surface area contributed by atoms with Crippen LogP contribution in [0.3, 0.4) is 0 Å². The highest BCUT2D eigenvalue weighted by atomic mass is 32.2. The van der Waals surface area contributed by atoms with E-state index in [4.69, 9.17) is 4.52 Å². The molecular formula is C19H20FN3O3S2. The Morgan fingerprint density at radius 1 is 1.29 bits per heavy atom. The summed E-state index contributed by atoms with van der Waals surface area (Å²) in [6.07, 6.45) is 2.18. The first-order valence-electron chi connectivity index (χ1n) is 9.07. The van der Waals surface area contributed by atoms with Crippen molar-refractivity contribution in [3.05, 3.63) is 58.4 Å². The predicted octanol–water partition coefficient (Wildman–Crippen LogP) is 3.72. The lowest BCUT2D eigenvalue weighted by molar-refractivity contribution is 0.246. The first kappa shape index (κ1) is 19.2. The average molecular weight is 422 g/mol. The summed E-state index contributed by atoms with van der Waals surface area (Å²) in [6.45, 7) is 0.838. The van der Waals surface area contributed by atoms with Gasteiger partial charge in [-0.2, -0.15) is 16.3 Å². The number of hydrogen-bond acceptors (Lipinski definition) is 6. The fourth-order valence-electron chi connectivity index (χ4n) is 3.44. The third kappa shape index (κ3) is 4.31. The summed E-state index contributed by atoms with van der Waals surface area (Å²) < 4.78 is 46.2. The van der Waals surface area contributed by atoms with Crippen molar-refractivity contribution in [1.82, 2.24) is 14.4 Å². The van der Waals surface area contributed by atoms with Crippen molar-refractivity contribution in [2.75, 3.05) is 13.1 Å². The third-order valence-electron chi connectivity index (χ3n) is 4.88. The Bertz CT molecular complexity index is 1030. The molecule has 3 aromatic rings. The molecule has 1 aromatic carbocycles. The minimum Gasteiger partial charge on any atom is -0.339 e. The maximum absolute atomic E-state index is 13.9. The molecule has 0 saturated carbocycles. The van der Waals surface area contributed by atoms with E-state index < -0.39 is 15.8 Å². The fraction of sp³-hybridized carbons (Fsp3) is 0.368. The monoisotopic (exact) mass is 421 g/mol. The van der Waals surface area contributed by atoms with Crippen LogP contribution in [0.2, 0.25) is 0 Å². The summed E-state index contributed by atoms with van der Waals surface area (Å²) in [5, 5.41) is 7.90. The molecule has 0 bridgehead atoms. The first-order chi connectivity index (χ1) is 13.5. The number of thiophene rings is 1. The van der Waals surface area contributed by atoms with E-state index in [0.717, 1.165) is 18.4 Å². The van der Waals surface area contributed by atoms with Gasteiger partial charge in [-0.05, 0) is 36.3 Å². The topological polar surface area (TPSA) is 76.3 Å². The highest BCUT2D eigenvalue weighted by molar-refractivity contribution is 7.88. The van der Waals surface area contributed by atoms with Crippen LogP contribution >= 0.6 is 11.3 Å². The van der Waals surface area contributed by atoms with Gasteiger partial charge in [0.15, 0.2) is 0 Å². The zero-order chi connectivity index (χ0) is 19.6. The Balaban J connectivity index is 1.42. The molecule has 0 amide bonds. The first-order valence-corrected chi connectivity index (χ1v) is 11.6. The summed E-state index contributed by atoms with van der Waals surface area (Å²) in [5.74, 6) is 0.344. The molecule has 1 fully saturated rings. The number of halogens is 1. The van der Waals surface area contributed by atoms with Crippen molar-refractivity contribution in [2.24, 2.45) is 5.92 Å². The summed E-state index contributed by atoms with van der Waals surface area (Å²) in [4.78, 5) is 4.42. The number of nitrogens with zero attached hydrogens (tertiary/aromatic N) is 3. The van der Waals surface area contributed by atoms with Crippen LogP contribution in [0.1, 0.15) is 24.3 Å². The summed E-state index contributed by atoms with van der Waals surface area (Å²) in [7, 11) is -3.59. The van der Waals surface area contributed by atoms with Gasteiger partial charge in [0.25, 0.3) is 0 Å². The Morgan fingerprint density at radius 2 is 2.14 bits per heavy atom. The van der Waals surface area contributed by atoms with Gasteiger partial charge in [0.05, 0.1) is 5.75 Å². The highest BCUT2D eigenvalue weighted by Gasteiger charge is 2.30. The molecule has 0 radical (unpaired) electrons. The van der Waals surface area contributed by atoms with Gasteiger partial charge in [-0.15, -0.1) is 0 Å². The molecule has 1 unspecified atom stereocenters. The minimum absolute atomic E-state index is 0.0971. The molecule has 148 valence electrons. The number of aromatic nitrogens is 2. The van der Waals surface area contributed by atoms with Crippen LogP contribution in [0.15, 0.2) is 45.6 Å². The second-order valence-corrected chi connectivity index (χ2v) is 9.69. The van der Waals surface area contributed by atoms with Crippen molar-refractivity contribution in [3.63, 3.8) is 0 Å². The molecule has 1 atom stereocenters. The molecule has 4 rings (SSSR count). The van der Waals surface area contributed by atoms with Gasteiger partial charge in [-0.25, -0.2) is 17.1 Å². The lowest BCUT2D eigenvalue weighted by atomic mass is 9.96. The third-order valence-corrected chi connectivity index (χ3v) is 7.36. The number of rotatable bonds is 6. The maximum Gasteiger partial charge on any atom is 0.227 e. The van der Waals surface area contributed by atoms with Crippen molar-refractivity contribution in [1.29, 1.82) is 0 Å². The summed E-state index contributed by atoms with van der Waals surface area (Å²) >= 11 is 1.56. The molecule has 1 aliphatic rings. The van der Waals surface area contributed by atoms with Crippen molar-refractivity contribution in [2.45, 2.75) is 25.0 Å². The van der Waals surface area contributed by atoms with Crippen LogP contribution < -0.4 is 0 Å². The van der Waals surface area contributed by atoms with Gasteiger partial charge in [-0.3, -0.25) is 0 Å². The molecule has 28 heavy (non-hydrogen) atoms. The number of sulfonamides is 1. The van der Waals surface area contributed by atoms with Crippen LogP contribution in [0.4, 0.5) is 4.39 Å². The van der Waals surface area contributed by atoms with E-state index >= 15 is 0 Å². The second-order valence-electron chi connectivity index (χ2n) is 6.94. The van der Waals surface area contributed by atoms with Gasteiger partial charge < -0.3 is 4.52 Å². The van der Waals surface area contributed by atoms with E-state index in [-0.39, 0.29) is 17.2 Å². The molecule has 2 aromatic heterocycles. The molecule has 0 spiro atoms. The number of benzene rings is 1. The van der Waals surface area contributed by atoms with E-state index in [1.54, 1.807) is 23.5 Å². The minimum atomic E-state index is -3.59. The molecular weight excluding hydrogens is 401 g/mol. The van der Waals surface area contributed by atoms with Crippen molar-refractivity contribution in [3.8, 4) is 11.4 Å². The van der Waals surface area contributed by atoms with E-state index in [1.165, 1.54) is 16.4 Å². The number of piperidine rings is 1. The van der Waals surface area contributed by atoms with E-state index in [0.29, 0.717) is 31.2 Å². The molecule has 9 heteroatoms. The zero-order valence-electron chi connectivity index (χ0n) is 15.1. The normalized spacial score (nSPS) is 18.4. The van der Waals surface area contributed by atoms with E-state index in [1.807, 2.05) is 16.8 Å². The van der Waals surface area contributed by atoms with Gasteiger partial charge in [-0.1, -0.05) is 23.4 Å². The second kappa shape index (κ2) is 8.10. The van der Waals surface area contributed by atoms with Gasteiger partial charge in [0, 0.05) is 36.0 Å². The standard InChI is InChI=1S/C19H20FN3O3S2/c20-17-6-2-1-5-16(17)13-28(24,25)23-8-3-4-14(11-23)10-18-21-19(22-26-18)15-7-9-27-12-15/h1-2,5-7,9,12,14H,3-4,8,10-11,13H2. The smallest absolute Gasteiger partial charge is 0.227 e. The van der Waals surface area contributed by atoms with Crippen molar-refractivity contribution < 1.29 is 17.3 Å². The van der Waals surface area contributed by atoms with Gasteiger partial charge in [0.2, 0.25) is 21.7 Å². The lowest BCUT2D eigenvalue weighted by Crippen LogP contribution is -2.41. The van der Waals surface area contributed by atoms with Gasteiger partial charge in [0.1, 0.15) is 5.82 Å². The fourth-order valence-corrected chi connectivity index (χ4v) is 5.73. The Hall–Kier alpha value is -2.10. The van der Waals surface area contributed by atoms with Gasteiger partial charge >= 0.3 is 0 Å². The van der Waals surface area contributed by atoms with E-state index in [2.05, 4.69) is 10.1 Å². The lowest BCUT2D eigenvalue weighted by Gasteiger charge is -2.31. The zero-order valence-corrected chi connectivity index (χ0v) is 16.8. The molecule has 1 aliphatic heterocycles. The molecule has 1 saturated heterocycles. The van der Waals surface area contributed by atoms with Crippen LogP contribution in [0, 0.1) is 11.7 Å². The number of hydrogen-bond donors (Lipinski definition) is 0. The molecule has 0 N–H and O–H groups in total.